The smallest absolute Gasteiger partial charge is 0.192 e. The van der Waals surface area contributed by atoms with E-state index in [1.54, 1.807) is 0 Å². The fourth-order valence-corrected chi connectivity index (χ4v) is 2.89. The molecule has 14 heavy (non-hydrogen) atoms. The molecule has 1 rings (SSSR count). The van der Waals surface area contributed by atoms with Gasteiger partial charge in [0.2, 0.25) is 0 Å². The van der Waals surface area contributed by atoms with Crippen LogP contribution in [0.1, 0.15) is 33.6 Å². The lowest BCUT2D eigenvalue weighted by molar-refractivity contribution is 0.0232. The first-order valence-electron chi connectivity index (χ1n) is 5.55. The van der Waals surface area contributed by atoms with Gasteiger partial charge in [0.1, 0.15) is 0 Å². The third-order valence-electron chi connectivity index (χ3n) is 3.72. The van der Waals surface area contributed by atoms with E-state index >= 15 is 0 Å². The molecule has 0 aromatic heterocycles. The first kappa shape index (κ1) is 12.2. The van der Waals surface area contributed by atoms with Gasteiger partial charge in [-0.15, -0.1) is 0 Å². The van der Waals surface area contributed by atoms with Crippen molar-refractivity contribution < 1.29 is 9.53 Å². The predicted octanol–water partition coefficient (Wildman–Crippen LogP) is 2.78. The molecular weight excluding hydrogens is 192 g/mol. The molecular formula is C11H24O2Si. The first-order valence-corrected chi connectivity index (χ1v) is 8.46. The molecule has 0 amide bonds. The molecule has 3 heteroatoms. The highest BCUT2D eigenvalue weighted by Crippen LogP contribution is 2.41. The van der Waals surface area contributed by atoms with Crippen molar-refractivity contribution >= 4 is 8.32 Å². The van der Waals surface area contributed by atoms with E-state index in [0.717, 1.165) is 12.8 Å². The summed E-state index contributed by atoms with van der Waals surface area (Å²) in [5, 5.41) is 9.22. The molecule has 0 unspecified atom stereocenters. The molecule has 1 saturated carbocycles. The Bertz CT molecular complexity index is 190. The molecule has 0 heterocycles. The van der Waals surface area contributed by atoms with Crippen molar-refractivity contribution in [3.63, 3.8) is 0 Å². The second-order valence-electron chi connectivity index (χ2n) is 6.02. The van der Waals surface area contributed by atoms with Crippen LogP contribution in [-0.2, 0) is 4.43 Å². The maximum absolute atomic E-state index is 8.92. The van der Waals surface area contributed by atoms with Crippen molar-refractivity contribution in [3.8, 4) is 0 Å². The molecule has 1 aliphatic rings. The summed E-state index contributed by atoms with van der Waals surface area (Å²) in [6.45, 7) is 11.7. The Morgan fingerprint density at radius 1 is 1.29 bits per heavy atom. The summed E-state index contributed by atoms with van der Waals surface area (Å²) in [6.07, 6.45) is 2.54. The summed E-state index contributed by atoms with van der Waals surface area (Å²) in [7, 11) is -1.56. The Morgan fingerprint density at radius 2 is 1.79 bits per heavy atom. The van der Waals surface area contributed by atoms with Crippen LogP contribution in [0.5, 0.6) is 0 Å². The SMILES string of the molecule is CC(C)(C)[Si](C)(C)O[C@H]1C[C@H](CO)C1. The van der Waals surface area contributed by atoms with Gasteiger partial charge < -0.3 is 9.53 Å². The number of rotatable bonds is 3. The molecule has 1 fully saturated rings. The monoisotopic (exact) mass is 216 g/mol. The third-order valence-corrected chi connectivity index (χ3v) is 8.25. The van der Waals surface area contributed by atoms with Gasteiger partial charge in [-0.2, -0.15) is 0 Å². The van der Waals surface area contributed by atoms with Gasteiger partial charge >= 0.3 is 0 Å². The van der Waals surface area contributed by atoms with Crippen LogP contribution in [0.4, 0.5) is 0 Å². The van der Waals surface area contributed by atoms with Gasteiger partial charge in [0.05, 0.1) is 0 Å². The molecule has 1 N–H and O–H groups in total. The minimum Gasteiger partial charge on any atom is -0.414 e. The zero-order chi connectivity index (χ0) is 11.0. The highest BCUT2D eigenvalue weighted by atomic mass is 28.4. The van der Waals surface area contributed by atoms with Crippen LogP contribution in [0.2, 0.25) is 18.1 Å². The largest absolute Gasteiger partial charge is 0.414 e. The molecule has 0 aromatic carbocycles. The fraction of sp³-hybridized carbons (Fsp3) is 1.00. The first-order chi connectivity index (χ1) is 6.26. The molecule has 0 atom stereocenters. The molecule has 0 saturated heterocycles. The van der Waals surface area contributed by atoms with Crippen molar-refractivity contribution in [2.75, 3.05) is 6.61 Å². The second kappa shape index (κ2) is 3.95. The van der Waals surface area contributed by atoms with Crippen molar-refractivity contribution in [2.24, 2.45) is 5.92 Å². The van der Waals surface area contributed by atoms with Gasteiger partial charge in [0, 0.05) is 12.7 Å². The zero-order valence-electron chi connectivity index (χ0n) is 10.1. The number of aliphatic hydroxyl groups is 1. The van der Waals surface area contributed by atoms with Crippen molar-refractivity contribution in [2.45, 2.75) is 57.8 Å². The van der Waals surface area contributed by atoms with Crippen molar-refractivity contribution in [3.05, 3.63) is 0 Å². The fourth-order valence-electron chi connectivity index (χ4n) is 1.51. The highest BCUT2D eigenvalue weighted by molar-refractivity contribution is 6.74. The van der Waals surface area contributed by atoms with Crippen molar-refractivity contribution in [1.82, 2.24) is 0 Å². The summed E-state index contributed by atoms with van der Waals surface area (Å²) in [5.41, 5.74) is 0. The van der Waals surface area contributed by atoms with Gasteiger partial charge in [-0.25, -0.2) is 0 Å². The minimum atomic E-state index is -1.56. The molecule has 0 radical (unpaired) electrons. The third kappa shape index (κ3) is 2.58. The summed E-state index contributed by atoms with van der Waals surface area (Å²) in [5.74, 6) is 0.504. The van der Waals surface area contributed by atoms with Crippen LogP contribution in [0.25, 0.3) is 0 Å². The topological polar surface area (TPSA) is 29.5 Å². The average molecular weight is 216 g/mol. The van der Waals surface area contributed by atoms with E-state index in [1.165, 1.54) is 0 Å². The van der Waals surface area contributed by atoms with Crippen LogP contribution >= 0.6 is 0 Å². The Labute approximate surface area is 88.8 Å². The van der Waals surface area contributed by atoms with Gasteiger partial charge in [-0.05, 0) is 36.9 Å². The standard InChI is InChI=1S/C11H24O2Si/c1-11(2,3)14(4,5)13-10-6-9(7-10)8-12/h9-10,12H,6-8H2,1-5H3/t9-,10-. The average Bonchev–Trinajstić information content (AvgIpc) is 1.93. The lowest BCUT2D eigenvalue weighted by atomic mass is 9.83. The van der Waals surface area contributed by atoms with E-state index in [-0.39, 0.29) is 0 Å². The molecule has 1 aliphatic carbocycles. The van der Waals surface area contributed by atoms with Gasteiger partial charge in [-0.3, -0.25) is 0 Å². The Balaban J connectivity index is 2.38. The lowest BCUT2D eigenvalue weighted by Gasteiger charge is -2.44. The van der Waals surface area contributed by atoms with E-state index in [0.29, 0.717) is 23.7 Å². The van der Waals surface area contributed by atoms with E-state index in [9.17, 15) is 0 Å². The molecule has 2 nitrogen and oxygen atoms in total. The Morgan fingerprint density at radius 3 is 2.14 bits per heavy atom. The molecule has 84 valence electrons. The minimum absolute atomic E-state index is 0.303. The van der Waals surface area contributed by atoms with Crippen LogP contribution in [0.15, 0.2) is 0 Å². The normalized spacial score (nSPS) is 28.7. The van der Waals surface area contributed by atoms with Crippen LogP contribution in [0.3, 0.4) is 0 Å². The van der Waals surface area contributed by atoms with Crippen LogP contribution < -0.4 is 0 Å². The quantitative estimate of drug-likeness (QED) is 0.735. The lowest BCUT2D eigenvalue weighted by Crippen LogP contribution is -2.48. The van der Waals surface area contributed by atoms with E-state index in [4.69, 9.17) is 9.53 Å². The maximum Gasteiger partial charge on any atom is 0.192 e. The Kier molecular flexibility index (Phi) is 3.44. The van der Waals surface area contributed by atoms with Gasteiger partial charge in [0.15, 0.2) is 8.32 Å². The second-order valence-corrected chi connectivity index (χ2v) is 10.8. The summed E-state index contributed by atoms with van der Waals surface area (Å²) in [6, 6.07) is 0. The Hall–Kier alpha value is 0.137. The maximum atomic E-state index is 8.92. The molecule has 0 aromatic rings. The summed E-state index contributed by atoms with van der Waals surface area (Å²) >= 11 is 0. The molecule has 0 bridgehead atoms. The summed E-state index contributed by atoms with van der Waals surface area (Å²) in [4.78, 5) is 0. The van der Waals surface area contributed by atoms with E-state index in [2.05, 4.69) is 33.9 Å². The number of aliphatic hydroxyl groups excluding tert-OH is 1. The van der Waals surface area contributed by atoms with Crippen molar-refractivity contribution in [1.29, 1.82) is 0 Å². The molecule has 0 spiro atoms. The number of hydrogen-bond donors (Lipinski definition) is 1. The van der Waals surface area contributed by atoms with Crippen LogP contribution in [-0.4, -0.2) is 26.1 Å². The molecule has 0 aliphatic heterocycles. The predicted molar refractivity (Wildman–Crippen MR) is 61.9 cm³/mol. The van der Waals surface area contributed by atoms with Gasteiger partial charge in [0.25, 0.3) is 0 Å². The van der Waals surface area contributed by atoms with E-state index in [1.807, 2.05) is 0 Å². The van der Waals surface area contributed by atoms with Crippen LogP contribution in [0, 0.1) is 5.92 Å². The van der Waals surface area contributed by atoms with Gasteiger partial charge in [-0.1, -0.05) is 20.8 Å². The summed E-state index contributed by atoms with van der Waals surface area (Å²) < 4.78 is 6.20. The highest BCUT2D eigenvalue weighted by Gasteiger charge is 2.42. The zero-order valence-corrected chi connectivity index (χ0v) is 11.1. The number of hydrogen-bond acceptors (Lipinski definition) is 2. The van der Waals surface area contributed by atoms with E-state index < -0.39 is 8.32 Å².